The molecule has 7 heteroatoms. The molecule has 1 rings (SSSR count). The van der Waals surface area contributed by atoms with Crippen LogP contribution in [0.1, 0.15) is 18.4 Å². The minimum atomic E-state index is -3.13. The van der Waals surface area contributed by atoms with Crippen molar-refractivity contribution in [1.29, 1.82) is 0 Å². The Kier molecular flexibility index (Phi) is 5.61. The van der Waals surface area contributed by atoms with Crippen LogP contribution in [0.15, 0.2) is 18.2 Å². The maximum Gasteiger partial charge on any atom is 0.147 e. The molecule has 3 N–H and O–H groups in total. The van der Waals surface area contributed by atoms with Crippen LogP contribution in [0.25, 0.3) is 0 Å². The molecule has 0 saturated carbocycles. The van der Waals surface area contributed by atoms with Crippen LogP contribution < -0.4 is 5.73 Å². The van der Waals surface area contributed by atoms with Crippen molar-refractivity contribution in [2.24, 2.45) is 5.73 Å². The summed E-state index contributed by atoms with van der Waals surface area (Å²) in [4.78, 5) is 0. The summed E-state index contributed by atoms with van der Waals surface area (Å²) >= 11 is 0. The van der Waals surface area contributed by atoms with Crippen molar-refractivity contribution in [3.63, 3.8) is 0 Å². The van der Waals surface area contributed by atoms with Gasteiger partial charge in [0.1, 0.15) is 21.5 Å². The van der Waals surface area contributed by atoms with Gasteiger partial charge in [-0.3, -0.25) is 0 Å². The van der Waals surface area contributed by atoms with Crippen LogP contribution in [0, 0.1) is 11.6 Å². The van der Waals surface area contributed by atoms with Crippen molar-refractivity contribution in [3.05, 3.63) is 35.4 Å². The summed E-state index contributed by atoms with van der Waals surface area (Å²) in [6.07, 6.45) is 1.60. The van der Waals surface area contributed by atoms with E-state index in [0.717, 1.165) is 24.5 Å². The molecule has 1 atom stereocenters. The molecule has 1 aromatic carbocycles. The van der Waals surface area contributed by atoms with E-state index in [1.54, 1.807) is 0 Å². The third-order valence-corrected chi connectivity index (χ3v) is 4.37. The molecule has 114 valence electrons. The molecule has 0 amide bonds. The molecule has 0 aliphatic carbocycles. The van der Waals surface area contributed by atoms with Crippen LogP contribution in [-0.2, 0) is 15.3 Å². The Labute approximate surface area is 117 Å². The van der Waals surface area contributed by atoms with Crippen LogP contribution in [0.2, 0.25) is 0 Å². The van der Waals surface area contributed by atoms with Crippen molar-refractivity contribution in [1.82, 2.24) is 0 Å². The first-order chi connectivity index (χ1) is 9.22. The predicted molar refractivity (Wildman–Crippen MR) is 73.1 cm³/mol. The van der Waals surface area contributed by atoms with Crippen molar-refractivity contribution < 1.29 is 22.3 Å². The molecule has 0 spiro atoms. The highest BCUT2D eigenvalue weighted by atomic mass is 32.2. The molecular formula is C13H19F2NO3S. The second kappa shape index (κ2) is 6.60. The fourth-order valence-electron chi connectivity index (χ4n) is 2.13. The van der Waals surface area contributed by atoms with Gasteiger partial charge in [0.2, 0.25) is 0 Å². The number of sulfone groups is 1. The van der Waals surface area contributed by atoms with Crippen LogP contribution in [-0.4, -0.2) is 38.7 Å². The number of aliphatic hydroxyl groups is 1. The number of hydrogen-bond donors (Lipinski definition) is 2. The topological polar surface area (TPSA) is 80.4 Å². The Morgan fingerprint density at radius 2 is 1.80 bits per heavy atom. The first kappa shape index (κ1) is 17.0. The van der Waals surface area contributed by atoms with Crippen molar-refractivity contribution >= 4 is 9.84 Å². The van der Waals surface area contributed by atoms with Crippen molar-refractivity contribution in [2.75, 3.05) is 25.2 Å². The third-order valence-electron chi connectivity index (χ3n) is 3.34. The molecular weight excluding hydrogens is 288 g/mol. The minimum absolute atomic E-state index is 0.0316. The lowest BCUT2D eigenvalue weighted by molar-refractivity contribution is 0.186. The Hall–Kier alpha value is -1.05. The Morgan fingerprint density at radius 1 is 1.25 bits per heavy atom. The number of nitrogens with two attached hydrogens (primary N) is 1. The van der Waals surface area contributed by atoms with Gasteiger partial charge >= 0.3 is 0 Å². The van der Waals surface area contributed by atoms with E-state index in [4.69, 9.17) is 5.73 Å². The van der Waals surface area contributed by atoms with Crippen LogP contribution in [0.4, 0.5) is 8.78 Å². The first-order valence-electron chi connectivity index (χ1n) is 6.18. The van der Waals surface area contributed by atoms with Crippen LogP contribution in [0.3, 0.4) is 0 Å². The molecule has 0 heterocycles. The normalized spacial score (nSPS) is 15.1. The van der Waals surface area contributed by atoms with Crippen molar-refractivity contribution in [3.8, 4) is 0 Å². The van der Waals surface area contributed by atoms with Gasteiger partial charge in [-0.1, -0.05) is 0 Å². The van der Waals surface area contributed by atoms with Gasteiger partial charge in [-0.2, -0.15) is 0 Å². The van der Waals surface area contributed by atoms with E-state index in [1.807, 2.05) is 0 Å². The summed E-state index contributed by atoms with van der Waals surface area (Å²) in [7, 11) is -3.13. The largest absolute Gasteiger partial charge is 0.395 e. The predicted octanol–water partition coefficient (Wildman–Crippen LogP) is 0.978. The number of halogens is 2. The Morgan fingerprint density at radius 3 is 2.20 bits per heavy atom. The fourth-order valence-corrected chi connectivity index (χ4v) is 2.80. The molecule has 0 radical (unpaired) electrons. The molecule has 0 bridgehead atoms. The average molecular weight is 307 g/mol. The van der Waals surface area contributed by atoms with E-state index in [9.17, 15) is 22.3 Å². The first-order valence-corrected chi connectivity index (χ1v) is 8.24. The standard InChI is InChI=1S/C13H19F2NO3S/c1-20(18,19)4-2-3-13(8-16,9-17)10-5-11(14)7-12(15)6-10/h5-7,17H,2-4,8-9,16H2,1H3. The highest BCUT2D eigenvalue weighted by molar-refractivity contribution is 7.90. The van der Waals surface area contributed by atoms with E-state index in [-0.39, 0.29) is 30.7 Å². The molecule has 4 nitrogen and oxygen atoms in total. The second-order valence-corrected chi connectivity index (χ2v) is 7.29. The molecule has 1 unspecified atom stereocenters. The molecule has 1 aromatic rings. The van der Waals surface area contributed by atoms with Gasteiger partial charge in [0.25, 0.3) is 0 Å². The SMILES string of the molecule is CS(=O)(=O)CCCC(CN)(CO)c1cc(F)cc(F)c1. The zero-order chi connectivity index (χ0) is 15.4. The summed E-state index contributed by atoms with van der Waals surface area (Å²) in [6, 6.07) is 2.97. The van der Waals surface area contributed by atoms with Gasteiger partial charge in [-0.15, -0.1) is 0 Å². The highest BCUT2D eigenvalue weighted by Gasteiger charge is 2.31. The zero-order valence-corrected chi connectivity index (χ0v) is 12.1. The average Bonchev–Trinajstić information content (AvgIpc) is 2.32. The van der Waals surface area contributed by atoms with Crippen LogP contribution in [0.5, 0.6) is 0 Å². The lowest BCUT2D eigenvalue weighted by atomic mass is 9.77. The van der Waals surface area contributed by atoms with E-state index in [2.05, 4.69) is 0 Å². The van der Waals surface area contributed by atoms with Gasteiger partial charge in [-0.05, 0) is 30.5 Å². The van der Waals surface area contributed by atoms with Crippen molar-refractivity contribution in [2.45, 2.75) is 18.3 Å². The number of aliphatic hydroxyl groups excluding tert-OH is 1. The fraction of sp³-hybridized carbons (Fsp3) is 0.538. The summed E-state index contributed by atoms with van der Waals surface area (Å²) in [5.41, 5.74) is 4.86. The molecule has 20 heavy (non-hydrogen) atoms. The smallest absolute Gasteiger partial charge is 0.147 e. The van der Waals surface area contributed by atoms with E-state index >= 15 is 0 Å². The lowest BCUT2D eigenvalue weighted by Gasteiger charge is -2.31. The van der Waals surface area contributed by atoms with Gasteiger partial charge in [0, 0.05) is 30.0 Å². The van der Waals surface area contributed by atoms with Gasteiger partial charge < -0.3 is 10.8 Å². The summed E-state index contributed by atoms with van der Waals surface area (Å²) in [5.74, 6) is -1.57. The Balaban J connectivity index is 3.01. The van der Waals surface area contributed by atoms with E-state index in [1.165, 1.54) is 0 Å². The molecule has 0 fully saturated rings. The lowest BCUT2D eigenvalue weighted by Crippen LogP contribution is -2.39. The quantitative estimate of drug-likeness (QED) is 0.787. The van der Waals surface area contributed by atoms with Gasteiger partial charge in [-0.25, -0.2) is 17.2 Å². The summed E-state index contributed by atoms with van der Waals surface area (Å²) in [5, 5.41) is 9.57. The molecule has 0 aliphatic heterocycles. The van der Waals surface area contributed by atoms with E-state index < -0.39 is 33.5 Å². The van der Waals surface area contributed by atoms with Gasteiger partial charge in [0.05, 0.1) is 6.61 Å². The third kappa shape index (κ3) is 4.50. The highest BCUT2D eigenvalue weighted by Crippen LogP contribution is 2.29. The molecule has 0 aromatic heterocycles. The van der Waals surface area contributed by atoms with Crippen LogP contribution >= 0.6 is 0 Å². The number of hydrogen-bond acceptors (Lipinski definition) is 4. The summed E-state index contributed by atoms with van der Waals surface area (Å²) in [6.45, 7) is -0.438. The maximum absolute atomic E-state index is 13.3. The van der Waals surface area contributed by atoms with E-state index in [0.29, 0.717) is 0 Å². The van der Waals surface area contributed by atoms with Gasteiger partial charge in [0.15, 0.2) is 0 Å². The molecule has 0 aliphatic rings. The Bertz CT molecular complexity index is 536. The minimum Gasteiger partial charge on any atom is -0.395 e. The number of rotatable bonds is 7. The maximum atomic E-state index is 13.3. The number of benzene rings is 1. The summed E-state index contributed by atoms with van der Waals surface area (Å²) < 4.78 is 48.8. The monoisotopic (exact) mass is 307 g/mol. The molecule has 0 saturated heterocycles. The second-order valence-electron chi connectivity index (χ2n) is 5.03. The zero-order valence-electron chi connectivity index (χ0n) is 11.3.